The summed E-state index contributed by atoms with van der Waals surface area (Å²) < 4.78 is 6.55. The highest BCUT2D eigenvalue weighted by molar-refractivity contribution is 5.92. The van der Waals surface area contributed by atoms with Gasteiger partial charge in [0, 0.05) is 18.6 Å². The zero-order valence-corrected chi connectivity index (χ0v) is 17.2. The van der Waals surface area contributed by atoms with Crippen molar-refractivity contribution < 1.29 is 14.3 Å². The zero-order chi connectivity index (χ0) is 20.8. The maximum atomic E-state index is 12.0. The lowest BCUT2D eigenvalue weighted by Crippen LogP contribution is -2.33. The zero-order valence-electron chi connectivity index (χ0n) is 17.2. The number of methoxy groups -OCH3 is 1. The van der Waals surface area contributed by atoms with Crippen LogP contribution in [0.15, 0.2) is 30.5 Å². The van der Waals surface area contributed by atoms with E-state index in [1.807, 2.05) is 30.7 Å². The number of ether oxygens (including phenoxy) is 1. The van der Waals surface area contributed by atoms with Gasteiger partial charge in [0.2, 0.25) is 0 Å². The van der Waals surface area contributed by atoms with Gasteiger partial charge in [0.25, 0.3) is 5.91 Å². The third-order valence-corrected chi connectivity index (χ3v) is 5.20. The minimum absolute atomic E-state index is 0.0748. The smallest absolute Gasteiger partial charge is 0.337 e. The van der Waals surface area contributed by atoms with Crippen molar-refractivity contribution >= 4 is 11.9 Å². The van der Waals surface area contributed by atoms with Gasteiger partial charge in [0.1, 0.15) is 0 Å². The van der Waals surface area contributed by atoms with Crippen LogP contribution >= 0.6 is 0 Å². The molecule has 0 radical (unpaired) electrons. The van der Waals surface area contributed by atoms with Crippen LogP contribution in [0, 0.1) is 0 Å². The molecule has 1 fully saturated rings. The Morgan fingerprint density at radius 1 is 1.17 bits per heavy atom. The summed E-state index contributed by atoms with van der Waals surface area (Å²) in [7, 11) is 1.38. The largest absolute Gasteiger partial charge is 0.465 e. The molecule has 1 aliphatic carbocycles. The average molecular weight is 399 g/mol. The number of carbonyl (C=O) groups is 2. The van der Waals surface area contributed by atoms with E-state index in [9.17, 15) is 9.59 Å². The second-order valence-electron chi connectivity index (χ2n) is 7.79. The van der Waals surface area contributed by atoms with Crippen LogP contribution in [0.3, 0.4) is 0 Å². The average Bonchev–Trinajstić information content (AvgIpc) is 3.22. The molecule has 0 bridgehead atoms. The lowest BCUT2D eigenvalue weighted by molar-refractivity contribution is 0.0600. The quantitative estimate of drug-likeness (QED) is 0.694. The summed E-state index contributed by atoms with van der Waals surface area (Å²) in [5.41, 5.74) is 2.07. The highest BCUT2D eigenvalue weighted by Gasteiger charge is 2.24. The van der Waals surface area contributed by atoms with Crippen molar-refractivity contribution in [2.45, 2.75) is 64.2 Å². The van der Waals surface area contributed by atoms with Crippen LogP contribution in [-0.4, -0.2) is 46.1 Å². The molecule has 3 rings (SSSR count). The van der Waals surface area contributed by atoms with Gasteiger partial charge in [0.05, 0.1) is 24.9 Å². The Kier molecular flexibility index (Phi) is 6.98. The molecule has 1 saturated carbocycles. The van der Waals surface area contributed by atoms with E-state index in [2.05, 4.69) is 20.9 Å². The summed E-state index contributed by atoms with van der Waals surface area (Å²) in [4.78, 5) is 23.5. The number of esters is 1. The van der Waals surface area contributed by atoms with E-state index in [4.69, 9.17) is 4.74 Å². The molecule has 1 amide bonds. The number of hydrogen-bond donors (Lipinski definition) is 2. The number of amides is 1. The first-order valence-electron chi connectivity index (χ1n) is 10.1. The predicted molar refractivity (Wildman–Crippen MR) is 109 cm³/mol. The molecule has 8 nitrogen and oxygen atoms in total. The van der Waals surface area contributed by atoms with Gasteiger partial charge in [-0.15, -0.1) is 5.10 Å². The summed E-state index contributed by atoms with van der Waals surface area (Å²) >= 11 is 0. The van der Waals surface area contributed by atoms with Crippen molar-refractivity contribution in [3.63, 3.8) is 0 Å². The fraction of sp³-hybridized carbons (Fsp3) is 0.524. The molecule has 1 heterocycles. The van der Waals surface area contributed by atoms with Gasteiger partial charge in [-0.3, -0.25) is 4.79 Å². The van der Waals surface area contributed by atoms with Crippen LogP contribution < -0.4 is 10.6 Å². The van der Waals surface area contributed by atoms with Crippen molar-refractivity contribution in [3.05, 3.63) is 47.3 Å². The Morgan fingerprint density at radius 2 is 1.86 bits per heavy atom. The van der Waals surface area contributed by atoms with Gasteiger partial charge in [-0.05, 0) is 57.2 Å². The molecule has 0 spiro atoms. The minimum Gasteiger partial charge on any atom is -0.465 e. The van der Waals surface area contributed by atoms with Gasteiger partial charge in [-0.2, -0.15) is 0 Å². The third kappa shape index (κ3) is 5.63. The number of benzene rings is 1. The summed E-state index contributed by atoms with van der Waals surface area (Å²) in [5.74, 6) is -0.499. The molecule has 1 aliphatic rings. The molecular formula is C21H29N5O3. The highest BCUT2D eigenvalue weighted by Crippen LogP contribution is 2.28. The van der Waals surface area contributed by atoms with Crippen LogP contribution in [0.2, 0.25) is 0 Å². The van der Waals surface area contributed by atoms with Crippen molar-refractivity contribution in [1.82, 2.24) is 25.6 Å². The van der Waals surface area contributed by atoms with Crippen molar-refractivity contribution in [1.29, 1.82) is 0 Å². The van der Waals surface area contributed by atoms with Gasteiger partial charge in [-0.25, -0.2) is 9.48 Å². The number of aromatic nitrogens is 3. The molecule has 156 valence electrons. The Bertz CT molecular complexity index is 823. The molecular weight excluding hydrogens is 370 g/mol. The van der Waals surface area contributed by atoms with Crippen LogP contribution in [-0.2, 0) is 11.3 Å². The van der Waals surface area contributed by atoms with Crippen LogP contribution in [0.25, 0.3) is 0 Å². The van der Waals surface area contributed by atoms with E-state index in [-0.39, 0.29) is 24.0 Å². The van der Waals surface area contributed by atoms with Crippen LogP contribution in [0.4, 0.5) is 0 Å². The molecule has 0 atom stereocenters. The first-order chi connectivity index (χ1) is 14.0. The SMILES string of the molecule is COC(=O)c1ccc(CNC2CCC(n3cc(C(=O)NC(C)C)nn3)CC2)cc1. The summed E-state index contributed by atoms with van der Waals surface area (Å²) in [5, 5.41) is 14.6. The van der Waals surface area contributed by atoms with Crippen LogP contribution in [0.5, 0.6) is 0 Å². The minimum atomic E-state index is -0.319. The Hall–Kier alpha value is -2.74. The van der Waals surface area contributed by atoms with Gasteiger partial charge in [-0.1, -0.05) is 17.3 Å². The summed E-state index contributed by atoms with van der Waals surface area (Å²) in [6.07, 6.45) is 5.82. The molecule has 2 N–H and O–H groups in total. The number of rotatable bonds is 7. The van der Waals surface area contributed by atoms with E-state index in [1.165, 1.54) is 7.11 Å². The second-order valence-corrected chi connectivity index (χ2v) is 7.79. The van der Waals surface area contributed by atoms with E-state index in [0.29, 0.717) is 17.3 Å². The number of carbonyl (C=O) groups excluding carboxylic acids is 2. The molecule has 29 heavy (non-hydrogen) atoms. The molecule has 2 aromatic rings. The molecule has 1 aromatic carbocycles. The molecule has 0 saturated heterocycles. The van der Waals surface area contributed by atoms with E-state index < -0.39 is 0 Å². The van der Waals surface area contributed by atoms with Crippen molar-refractivity contribution in [2.75, 3.05) is 7.11 Å². The Morgan fingerprint density at radius 3 is 2.48 bits per heavy atom. The second kappa shape index (κ2) is 9.65. The first-order valence-corrected chi connectivity index (χ1v) is 10.1. The third-order valence-electron chi connectivity index (χ3n) is 5.20. The first kappa shape index (κ1) is 21.0. The maximum Gasteiger partial charge on any atom is 0.337 e. The maximum absolute atomic E-state index is 12.0. The Labute approximate surface area is 171 Å². The van der Waals surface area contributed by atoms with Crippen molar-refractivity contribution in [3.8, 4) is 0 Å². The lowest BCUT2D eigenvalue weighted by atomic mass is 9.91. The van der Waals surface area contributed by atoms with Gasteiger partial charge in [0.15, 0.2) is 5.69 Å². The summed E-state index contributed by atoms with van der Waals surface area (Å²) in [6.45, 7) is 4.60. The van der Waals surface area contributed by atoms with Gasteiger partial charge >= 0.3 is 5.97 Å². The molecule has 0 aliphatic heterocycles. The van der Waals surface area contributed by atoms with Crippen LogP contribution in [0.1, 0.15) is 72.0 Å². The monoisotopic (exact) mass is 399 g/mol. The van der Waals surface area contributed by atoms with E-state index in [0.717, 1.165) is 37.8 Å². The van der Waals surface area contributed by atoms with E-state index >= 15 is 0 Å². The topological polar surface area (TPSA) is 98.1 Å². The normalized spacial score (nSPS) is 19.2. The fourth-order valence-electron chi connectivity index (χ4n) is 3.58. The molecule has 0 unspecified atom stereocenters. The lowest BCUT2D eigenvalue weighted by Gasteiger charge is -2.29. The molecule has 1 aromatic heterocycles. The summed E-state index contributed by atoms with van der Waals surface area (Å²) in [6, 6.07) is 8.27. The predicted octanol–water partition coefficient (Wildman–Crippen LogP) is 2.48. The number of nitrogens with zero attached hydrogens (tertiary/aromatic N) is 3. The van der Waals surface area contributed by atoms with Gasteiger partial charge < -0.3 is 15.4 Å². The van der Waals surface area contributed by atoms with E-state index in [1.54, 1.807) is 18.3 Å². The fourth-order valence-corrected chi connectivity index (χ4v) is 3.58. The number of hydrogen-bond acceptors (Lipinski definition) is 6. The highest BCUT2D eigenvalue weighted by atomic mass is 16.5. The molecule has 8 heteroatoms. The standard InChI is InChI=1S/C21H29N5O3/c1-14(2)23-20(27)19-13-26(25-24-19)18-10-8-17(9-11-18)22-12-15-4-6-16(7-5-15)21(28)29-3/h4-7,13-14,17-18,22H,8-12H2,1-3H3,(H,23,27). The van der Waals surface area contributed by atoms with Crippen molar-refractivity contribution in [2.24, 2.45) is 0 Å². The Balaban J connectivity index is 1.45. The number of nitrogens with one attached hydrogen (secondary N) is 2.